The molecule has 7 aromatic carbocycles. The Hall–Kier alpha value is -20.2. The Morgan fingerprint density at radius 2 is 0.619 bits per heavy atom. The third-order valence-electron chi connectivity index (χ3n) is 23.0. The van der Waals surface area contributed by atoms with E-state index in [1.807, 2.05) is 57.5 Å². The van der Waals surface area contributed by atoms with E-state index in [1.165, 1.54) is 122 Å². The van der Waals surface area contributed by atoms with Gasteiger partial charge in [0, 0.05) is 113 Å². The highest BCUT2D eigenvalue weighted by atomic mass is 19.1. The third-order valence-corrected chi connectivity index (χ3v) is 23.0. The summed E-state index contributed by atoms with van der Waals surface area (Å²) < 4.78 is 79.8. The highest BCUT2D eigenvalue weighted by Crippen LogP contribution is 2.40. The zero-order chi connectivity index (χ0) is 104. The number of aromatic amines is 1. The van der Waals surface area contributed by atoms with Crippen LogP contribution in [0.3, 0.4) is 0 Å². The van der Waals surface area contributed by atoms with Crippen LogP contribution in [-0.2, 0) is 62.8 Å². The maximum absolute atomic E-state index is 13.7. The maximum Gasteiger partial charge on any atom is 0.165 e. The van der Waals surface area contributed by atoms with E-state index >= 15 is 0 Å². The van der Waals surface area contributed by atoms with Crippen LogP contribution in [0.5, 0.6) is 17.2 Å². The first-order chi connectivity index (χ1) is 70.6. The van der Waals surface area contributed by atoms with Crippen LogP contribution in [0.1, 0.15) is 23.2 Å². The van der Waals surface area contributed by atoms with E-state index in [9.17, 15) is 37.3 Å². The summed E-state index contributed by atoms with van der Waals surface area (Å²) in [5.41, 5.74) is 64.6. The highest BCUT2D eigenvalue weighted by molar-refractivity contribution is 6.04. The van der Waals surface area contributed by atoms with Crippen LogP contribution in [0, 0.1) is 42.9 Å². The molecule has 0 aliphatic rings. The van der Waals surface area contributed by atoms with Crippen molar-refractivity contribution >= 4 is 146 Å². The van der Waals surface area contributed by atoms with Gasteiger partial charge in [-0.2, -0.15) is 45.9 Å². The van der Waals surface area contributed by atoms with Gasteiger partial charge in [-0.1, -0.05) is 60.2 Å². The van der Waals surface area contributed by atoms with Crippen LogP contribution in [0.15, 0.2) is 196 Å². The van der Waals surface area contributed by atoms with Crippen molar-refractivity contribution < 1.29 is 42.4 Å². The van der Waals surface area contributed by atoms with Gasteiger partial charge in [0.05, 0.1) is 60.5 Å². The van der Waals surface area contributed by atoms with Crippen LogP contribution in [0.25, 0.3) is 178 Å². The number of nitrogens with two attached hydrogens (primary N) is 8. The van der Waals surface area contributed by atoms with E-state index in [0.29, 0.717) is 159 Å². The summed E-state index contributed by atoms with van der Waals surface area (Å²) in [6.07, 6.45) is 14.3. The van der Waals surface area contributed by atoms with Crippen molar-refractivity contribution in [1.82, 2.24) is 168 Å². The second kappa shape index (κ2) is 41.3. The van der Waals surface area contributed by atoms with Gasteiger partial charge in [-0.25, -0.2) is 134 Å². The number of aromatic hydroxyl groups is 3. The van der Waals surface area contributed by atoms with Gasteiger partial charge < -0.3 is 66.3 Å². The highest BCUT2D eigenvalue weighted by Gasteiger charge is 2.25. The molecular formula is C96H89F5N42O4. The van der Waals surface area contributed by atoms with Gasteiger partial charge in [-0.3, -0.25) is 9.78 Å². The van der Waals surface area contributed by atoms with Crippen molar-refractivity contribution in [3.05, 3.63) is 242 Å². The van der Waals surface area contributed by atoms with Gasteiger partial charge in [-0.05, 0) is 111 Å². The topological polar surface area (TPSA) is 667 Å². The summed E-state index contributed by atoms with van der Waals surface area (Å²) in [6, 6.07) is 37.0. The lowest BCUT2D eigenvalue weighted by Crippen LogP contribution is -1.95. The molecule has 0 saturated carbocycles. The van der Waals surface area contributed by atoms with Crippen molar-refractivity contribution in [2.24, 2.45) is 56.4 Å². The van der Waals surface area contributed by atoms with Crippen LogP contribution < -0.4 is 45.9 Å². The smallest absolute Gasteiger partial charge is 0.165 e. The molecule has 0 unspecified atom stereocenters. The van der Waals surface area contributed by atoms with Gasteiger partial charge in [0.15, 0.2) is 68.3 Å². The fourth-order valence-electron chi connectivity index (χ4n) is 16.1. The summed E-state index contributed by atoms with van der Waals surface area (Å²) in [7, 11) is 14.2. The standard InChI is InChI=1S/C13H12FN5.C13H11N7.C13H13N5.3C12H10FN5O.C12H10FN5.C9H13N5O/c1-7-3-4-8(5-9(7)14)11-10-12(15)16-6-17-13(10)19(2)18-11;1-20-13-10(12(14)15-6-16-13)11(19-20)7-2-3-8-5-17-18-9(8)4-7;1-8-4-3-5-9(6-8)11-10-12(14)15-7-16-13(10)18(2)17-11;1-18-12-9(11(14)15-5-16-12)10(17-18)6-2-7(13)4-8(19)3-6;1-18-12-9(11(14)15-5-16-12)10(17-18)6-2-3-8(19)7(13)4-6;1-18-12-9(11(14)15-5-16-12)10(17-18)6-2-3-7(13)8(19)4-6;1-18-12-9(11(14)15-6-16-12)10(17-18)7-3-2-4-8(13)5-7;1-14-9-7(8(10)11-5-12-9)6(13-14)3-2-4-15/h3-6H,1-2H3,(H2,15,16,17);2-6H,1H3,(H,17,18)(H2,14,15,16);3-7H,1-2H3,(H2,14,15,16);3*2-5,19H,1H3,(H2,14,15,16);2-6H,1H3,(H2,14,15,16);5,15H,2-4H2,1H3,(H2,10,11,12). The number of aliphatic hydroxyl groups excluding tert-OH is 1. The number of hydrogen-bond acceptors (Lipinski definition) is 37. The maximum atomic E-state index is 13.7. The minimum Gasteiger partial charge on any atom is -0.508 e. The minimum absolute atomic E-state index is 0.145. The van der Waals surface area contributed by atoms with Gasteiger partial charge in [0.1, 0.15) is 160 Å². The normalized spacial score (nSPS) is 11.1. The van der Waals surface area contributed by atoms with Crippen LogP contribution in [-0.4, -0.2) is 195 Å². The van der Waals surface area contributed by atoms with E-state index in [0.717, 1.165) is 78.3 Å². The van der Waals surface area contributed by atoms with Gasteiger partial charge in [0.25, 0.3) is 0 Å². The Balaban J connectivity index is 0.000000115. The molecule has 51 heteroatoms. The quantitative estimate of drug-likeness (QED) is 0.0566. The van der Waals surface area contributed by atoms with Crippen LogP contribution in [0.2, 0.25) is 0 Å². The lowest BCUT2D eigenvalue weighted by atomic mass is 10.1. The number of nitrogen functional groups attached to an aromatic ring is 8. The zero-order valence-electron chi connectivity index (χ0n) is 79.7. The molecule has 0 aliphatic carbocycles. The first kappa shape index (κ1) is 98.4. The number of fused-ring (bicyclic) bond motifs is 9. The predicted molar refractivity (Wildman–Crippen MR) is 543 cm³/mol. The summed E-state index contributed by atoms with van der Waals surface area (Å²) in [4.78, 5) is 64.8. The molecule has 0 fully saturated rings. The number of hydrogen-bond donors (Lipinski definition) is 13. The molecule has 0 saturated heterocycles. The van der Waals surface area contributed by atoms with Crippen molar-refractivity contribution in [2.75, 3.05) is 52.5 Å². The second-order valence-electron chi connectivity index (χ2n) is 32.9. The number of benzene rings is 7. The number of nitrogens with zero attached hydrogens (tertiary/aromatic N) is 33. The molecule has 46 nitrogen and oxygen atoms in total. The number of halogens is 5. The fraction of sp³-hybridized carbons (Fsp3) is 0.135. The summed E-state index contributed by atoms with van der Waals surface area (Å²) in [5, 5.41) is 85.1. The molecule has 21 N–H and O–H groups in total. The van der Waals surface area contributed by atoms with E-state index in [1.54, 1.807) is 105 Å². The molecule has 742 valence electrons. The predicted octanol–water partition coefficient (Wildman–Crippen LogP) is 11.5. The molecule has 147 heavy (non-hydrogen) atoms. The molecule has 24 aromatic rings. The average Bonchev–Trinajstić information content (AvgIpc) is 1.63. The Morgan fingerprint density at radius 3 is 0.993 bits per heavy atom. The Labute approximate surface area is 826 Å². The summed E-state index contributed by atoms with van der Waals surface area (Å²) in [6.45, 7) is 3.91. The molecule has 0 amide bonds. The Bertz CT molecular complexity index is 8640. The summed E-state index contributed by atoms with van der Waals surface area (Å²) >= 11 is 0. The molecule has 0 aliphatic heterocycles. The number of aromatic nitrogens is 34. The Morgan fingerprint density at radius 1 is 0.293 bits per heavy atom. The lowest BCUT2D eigenvalue weighted by Gasteiger charge is -2.01. The lowest BCUT2D eigenvalue weighted by molar-refractivity contribution is 0.288. The van der Waals surface area contributed by atoms with E-state index in [4.69, 9.17) is 51.0 Å². The second-order valence-corrected chi connectivity index (χ2v) is 32.9. The molecule has 0 bridgehead atoms. The number of phenols is 3. The monoisotopic (exact) mass is 1990 g/mol. The number of aliphatic hydroxyl groups is 1. The fourth-order valence-corrected chi connectivity index (χ4v) is 16.1. The third kappa shape index (κ3) is 20.1. The largest absolute Gasteiger partial charge is 0.508 e. The van der Waals surface area contributed by atoms with E-state index < -0.39 is 29.0 Å². The molecule has 0 radical (unpaired) electrons. The zero-order valence-corrected chi connectivity index (χ0v) is 79.7. The number of anilines is 8. The van der Waals surface area contributed by atoms with E-state index in [2.05, 4.69) is 150 Å². The van der Waals surface area contributed by atoms with Gasteiger partial charge in [0.2, 0.25) is 0 Å². The van der Waals surface area contributed by atoms with Crippen LogP contribution in [0.4, 0.5) is 68.5 Å². The van der Waals surface area contributed by atoms with Crippen LogP contribution >= 0.6 is 0 Å². The first-order valence-corrected chi connectivity index (χ1v) is 44.2. The number of phenolic OH excluding ortho intramolecular Hbond substituents is 3. The number of rotatable bonds is 10. The minimum atomic E-state index is -0.716. The van der Waals surface area contributed by atoms with Gasteiger partial charge in [-0.15, -0.1) is 0 Å². The average molecular weight is 1990 g/mol. The Kier molecular flexibility index (Phi) is 27.7. The van der Waals surface area contributed by atoms with Crippen molar-refractivity contribution in [3.8, 4) is 96.1 Å². The molecule has 17 heterocycles. The van der Waals surface area contributed by atoms with Crippen molar-refractivity contribution in [1.29, 1.82) is 0 Å². The number of aryl methyl sites for hydroxylation is 11. The SMILES string of the molecule is Cc1ccc(-c2nn(C)c3ncnc(N)c23)cc1F.Cc1cccc(-c2nn(C)c3ncnc(N)c23)c1.Cn1nc(-c2cc(O)cc(F)c2)c2c(N)ncnc21.Cn1nc(-c2ccc(F)c(O)c2)c2c(N)ncnc21.Cn1nc(-c2ccc(O)c(F)c2)c2c(N)ncnc21.Cn1nc(-c2ccc3cn[nH]c3c2)c2c(N)ncnc21.Cn1nc(-c2cccc(F)c2)c2c(N)ncnc21.Cn1nc(CCCO)c2c(N)ncnc21. The molecule has 17 aromatic heterocycles. The molecule has 0 atom stereocenters. The van der Waals surface area contributed by atoms with Crippen molar-refractivity contribution in [2.45, 2.75) is 26.7 Å². The molecule has 24 rings (SSSR count). The molecular weight excluding hydrogens is 1900 g/mol. The molecule has 0 spiro atoms. The summed E-state index contributed by atoms with van der Waals surface area (Å²) in [5.74, 6) is -0.716. The van der Waals surface area contributed by atoms with E-state index in [-0.39, 0.29) is 41.4 Å². The number of H-pyrrole nitrogens is 1. The van der Waals surface area contributed by atoms with Crippen molar-refractivity contribution in [3.63, 3.8) is 0 Å². The number of nitrogens with one attached hydrogen (secondary N) is 1. The first-order valence-electron chi connectivity index (χ1n) is 44.2. The van der Waals surface area contributed by atoms with Gasteiger partial charge >= 0.3 is 0 Å².